The molecule has 1 heterocycles. The molecule has 3 heteroatoms. The Kier molecular flexibility index (Phi) is 3.84. The molecule has 0 bridgehead atoms. The number of halogens is 1. The normalized spacial score (nSPS) is 18.6. The van der Waals surface area contributed by atoms with E-state index in [0.29, 0.717) is 0 Å². The second kappa shape index (κ2) is 5.14. The molecule has 0 amide bonds. The zero-order valence-electron chi connectivity index (χ0n) is 8.45. The molecule has 1 aliphatic carbocycles. The van der Waals surface area contributed by atoms with Crippen molar-refractivity contribution in [2.75, 3.05) is 0 Å². The second-order valence-corrected chi connectivity index (χ2v) is 5.46. The summed E-state index contributed by atoms with van der Waals surface area (Å²) in [5.74, 6) is 0.964. The van der Waals surface area contributed by atoms with E-state index in [1.54, 1.807) is 0 Å². The Morgan fingerprint density at radius 3 is 2.79 bits per heavy atom. The van der Waals surface area contributed by atoms with E-state index in [-0.39, 0.29) is 0 Å². The highest BCUT2D eigenvalue weighted by Gasteiger charge is 2.12. The maximum absolute atomic E-state index is 4.31. The van der Waals surface area contributed by atoms with Gasteiger partial charge >= 0.3 is 0 Å². The molecular weight excluding hydrogens is 287 g/mol. The summed E-state index contributed by atoms with van der Waals surface area (Å²) in [6.45, 7) is 1.10. The van der Waals surface area contributed by atoms with Crippen molar-refractivity contribution in [2.45, 2.75) is 45.1 Å². The van der Waals surface area contributed by atoms with Crippen molar-refractivity contribution in [3.63, 3.8) is 0 Å². The molecule has 2 rings (SSSR count). The van der Waals surface area contributed by atoms with E-state index in [9.17, 15) is 0 Å². The van der Waals surface area contributed by atoms with E-state index in [1.165, 1.54) is 42.1 Å². The van der Waals surface area contributed by atoms with Crippen LogP contribution in [0.5, 0.6) is 0 Å². The van der Waals surface area contributed by atoms with Gasteiger partial charge in [-0.1, -0.05) is 32.1 Å². The standard InChI is InChI=1S/C11H17IN2/c12-11-8-13-14(9-11)7-6-10-4-2-1-3-5-10/h8-10H,1-7H2. The van der Waals surface area contributed by atoms with Crippen LogP contribution >= 0.6 is 22.6 Å². The maximum Gasteiger partial charge on any atom is 0.0623 e. The minimum atomic E-state index is 0.964. The fourth-order valence-electron chi connectivity index (χ4n) is 2.25. The van der Waals surface area contributed by atoms with Crippen LogP contribution < -0.4 is 0 Å². The van der Waals surface area contributed by atoms with Crippen molar-refractivity contribution in [1.82, 2.24) is 9.78 Å². The Bertz CT molecular complexity index is 277. The maximum atomic E-state index is 4.31. The molecule has 1 saturated carbocycles. The summed E-state index contributed by atoms with van der Waals surface area (Å²) < 4.78 is 3.32. The summed E-state index contributed by atoms with van der Waals surface area (Å²) in [5, 5.41) is 4.31. The van der Waals surface area contributed by atoms with Crippen molar-refractivity contribution in [3.05, 3.63) is 16.0 Å². The number of hydrogen-bond donors (Lipinski definition) is 0. The van der Waals surface area contributed by atoms with E-state index in [2.05, 4.69) is 38.6 Å². The molecule has 0 atom stereocenters. The van der Waals surface area contributed by atoms with Crippen LogP contribution in [0.1, 0.15) is 38.5 Å². The molecule has 0 radical (unpaired) electrons. The first-order chi connectivity index (χ1) is 6.84. The average molecular weight is 304 g/mol. The summed E-state index contributed by atoms with van der Waals surface area (Å²) in [6, 6.07) is 0. The number of hydrogen-bond acceptors (Lipinski definition) is 1. The van der Waals surface area contributed by atoms with Crippen molar-refractivity contribution < 1.29 is 0 Å². The molecule has 0 saturated heterocycles. The highest BCUT2D eigenvalue weighted by Crippen LogP contribution is 2.26. The van der Waals surface area contributed by atoms with Gasteiger partial charge in [-0.15, -0.1) is 0 Å². The molecule has 0 aliphatic heterocycles. The Hall–Kier alpha value is -0.0600. The van der Waals surface area contributed by atoms with E-state index >= 15 is 0 Å². The molecule has 0 aromatic carbocycles. The van der Waals surface area contributed by atoms with Crippen LogP contribution in [0.15, 0.2) is 12.4 Å². The van der Waals surface area contributed by atoms with E-state index in [1.807, 2.05) is 6.20 Å². The zero-order valence-corrected chi connectivity index (χ0v) is 10.6. The topological polar surface area (TPSA) is 17.8 Å². The third-order valence-electron chi connectivity index (χ3n) is 3.09. The molecule has 78 valence electrons. The lowest BCUT2D eigenvalue weighted by molar-refractivity contribution is 0.319. The predicted octanol–water partition coefficient (Wildman–Crippen LogP) is 3.46. The van der Waals surface area contributed by atoms with Gasteiger partial charge in [0, 0.05) is 12.7 Å². The van der Waals surface area contributed by atoms with Gasteiger partial charge in [0.25, 0.3) is 0 Å². The molecule has 1 aromatic rings. The molecular formula is C11H17IN2. The van der Waals surface area contributed by atoms with Crippen LogP contribution in [0.2, 0.25) is 0 Å². The van der Waals surface area contributed by atoms with Crippen LogP contribution in [0, 0.1) is 9.49 Å². The smallest absolute Gasteiger partial charge is 0.0623 e. The van der Waals surface area contributed by atoms with Crippen LogP contribution in [0.3, 0.4) is 0 Å². The van der Waals surface area contributed by atoms with E-state index in [4.69, 9.17) is 0 Å². The van der Waals surface area contributed by atoms with Gasteiger partial charge in [0.1, 0.15) is 0 Å². The first-order valence-corrected chi connectivity index (χ1v) is 6.60. The first kappa shape index (κ1) is 10.5. The lowest BCUT2D eigenvalue weighted by Gasteiger charge is -2.21. The molecule has 1 aliphatic rings. The Morgan fingerprint density at radius 2 is 2.14 bits per heavy atom. The quantitative estimate of drug-likeness (QED) is 0.782. The van der Waals surface area contributed by atoms with E-state index < -0.39 is 0 Å². The summed E-state index contributed by atoms with van der Waals surface area (Å²) in [6.07, 6.45) is 12.6. The van der Waals surface area contributed by atoms with Gasteiger partial charge in [-0.25, -0.2) is 0 Å². The molecule has 2 nitrogen and oxygen atoms in total. The van der Waals surface area contributed by atoms with Crippen LogP contribution in [0.25, 0.3) is 0 Å². The number of nitrogens with zero attached hydrogens (tertiary/aromatic N) is 2. The fourth-order valence-corrected chi connectivity index (χ4v) is 2.70. The van der Waals surface area contributed by atoms with Gasteiger partial charge in [-0.05, 0) is 34.9 Å². The minimum Gasteiger partial charge on any atom is -0.272 e. The SMILES string of the molecule is Ic1cnn(CCC2CCCCC2)c1. The van der Waals surface area contributed by atoms with Gasteiger partial charge in [-0.2, -0.15) is 5.10 Å². The van der Waals surface area contributed by atoms with Gasteiger partial charge < -0.3 is 0 Å². The van der Waals surface area contributed by atoms with Gasteiger partial charge in [0.2, 0.25) is 0 Å². The highest BCUT2D eigenvalue weighted by atomic mass is 127. The molecule has 14 heavy (non-hydrogen) atoms. The van der Waals surface area contributed by atoms with Crippen molar-refractivity contribution in [1.29, 1.82) is 0 Å². The van der Waals surface area contributed by atoms with Crippen LogP contribution in [-0.4, -0.2) is 9.78 Å². The molecule has 1 fully saturated rings. The minimum absolute atomic E-state index is 0.964. The molecule has 0 N–H and O–H groups in total. The Balaban J connectivity index is 1.76. The van der Waals surface area contributed by atoms with Crippen molar-refractivity contribution >= 4 is 22.6 Å². The lowest BCUT2D eigenvalue weighted by atomic mass is 9.87. The number of aromatic nitrogens is 2. The van der Waals surface area contributed by atoms with Crippen molar-refractivity contribution in [2.24, 2.45) is 5.92 Å². The summed E-state index contributed by atoms with van der Waals surface area (Å²) in [7, 11) is 0. The monoisotopic (exact) mass is 304 g/mol. The van der Waals surface area contributed by atoms with Gasteiger partial charge in [-0.3, -0.25) is 4.68 Å². The first-order valence-electron chi connectivity index (χ1n) is 5.52. The third-order valence-corrected chi connectivity index (χ3v) is 3.65. The van der Waals surface area contributed by atoms with E-state index in [0.717, 1.165) is 12.5 Å². The zero-order chi connectivity index (χ0) is 9.80. The number of aryl methyl sites for hydroxylation is 1. The predicted molar refractivity (Wildman–Crippen MR) is 66.1 cm³/mol. The summed E-state index contributed by atoms with van der Waals surface area (Å²) in [4.78, 5) is 0. The third kappa shape index (κ3) is 2.97. The summed E-state index contributed by atoms with van der Waals surface area (Å²) in [5.41, 5.74) is 0. The average Bonchev–Trinajstić information content (AvgIpc) is 2.63. The summed E-state index contributed by atoms with van der Waals surface area (Å²) >= 11 is 2.31. The largest absolute Gasteiger partial charge is 0.272 e. The molecule has 0 unspecified atom stereocenters. The Labute approximate surface area is 99.2 Å². The van der Waals surface area contributed by atoms with Crippen molar-refractivity contribution in [3.8, 4) is 0 Å². The van der Waals surface area contributed by atoms with Gasteiger partial charge in [0.05, 0.1) is 9.77 Å². The Morgan fingerprint density at radius 1 is 1.36 bits per heavy atom. The number of rotatable bonds is 3. The second-order valence-electron chi connectivity index (χ2n) is 4.21. The fraction of sp³-hybridized carbons (Fsp3) is 0.727. The van der Waals surface area contributed by atoms with Crippen LogP contribution in [-0.2, 0) is 6.54 Å². The lowest BCUT2D eigenvalue weighted by Crippen LogP contribution is -2.10. The molecule has 1 aromatic heterocycles. The van der Waals surface area contributed by atoms with Gasteiger partial charge in [0.15, 0.2) is 0 Å². The van der Waals surface area contributed by atoms with Crippen LogP contribution in [0.4, 0.5) is 0 Å². The highest BCUT2D eigenvalue weighted by molar-refractivity contribution is 14.1. The molecule has 0 spiro atoms.